The number of nitrogens with one attached hydrogen (secondary N) is 1. The van der Waals surface area contributed by atoms with Gasteiger partial charge in [-0.3, -0.25) is 4.57 Å². The topological polar surface area (TPSA) is 50.2 Å². The number of nitrogens with zero attached hydrogens (tertiary/aromatic N) is 3. The number of aromatic nitrogens is 2. The lowest BCUT2D eigenvalue weighted by molar-refractivity contribution is 0.585. The Morgan fingerprint density at radius 1 is 0.939 bits per heavy atom. The molecule has 1 aliphatic heterocycles. The van der Waals surface area contributed by atoms with Crippen molar-refractivity contribution in [3.63, 3.8) is 0 Å². The lowest BCUT2D eigenvalue weighted by Crippen LogP contribution is -2.43. The van der Waals surface area contributed by atoms with Crippen molar-refractivity contribution in [3.05, 3.63) is 86.9 Å². The van der Waals surface area contributed by atoms with Gasteiger partial charge in [-0.05, 0) is 42.0 Å². The third-order valence-electron chi connectivity index (χ3n) is 5.74. The molecule has 0 atom stereocenters. The van der Waals surface area contributed by atoms with E-state index in [4.69, 9.17) is 23.2 Å². The van der Waals surface area contributed by atoms with Gasteiger partial charge in [0.2, 0.25) is 0 Å². The standard InChI is InChI=1S/C24H18Cl2F2N4O/c25-19-2-1-3-20(26)23(19)32-22-12-15(31-8-6-29-7-9-31)11-17(18(22)13-30-24(32)33)16-5-4-14(27)10-21(16)28/h1-5,10-13,29H,6-9H2. The second kappa shape index (κ2) is 8.74. The summed E-state index contributed by atoms with van der Waals surface area (Å²) in [6, 6.07) is 12.1. The number of anilines is 1. The van der Waals surface area contributed by atoms with Gasteiger partial charge in [0.1, 0.15) is 11.6 Å². The van der Waals surface area contributed by atoms with Crippen molar-refractivity contribution < 1.29 is 8.78 Å². The minimum atomic E-state index is -0.706. The molecule has 5 nitrogen and oxygen atoms in total. The average molecular weight is 487 g/mol. The van der Waals surface area contributed by atoms with Gasteiger partial charge in [0.15, 0.2) is 0 Å². The number of benzene rings is 3. The summed E-state index contributed by atoms with van der Waals surface area (Å²) in [5.74, 6) is -1.38. The van der Waals surface area contributed by atoms with E-state index in [0.29, 0.717) is 22.2 Å². The molecular formula is C24H18Cl2F2N4O. The first kappa shape index (κ1) is 21.8. The highest BCUT2D eigenvalue weighted by Crippen LogP contribution is 2.37. The Morgan fingerprint density at radius 2 is 1.67 bits per heavy atom. The van der Waals surface area contributed by atoms with Crippen LogP contribution in [0, 0.1) is 11.6 Å². The number of fused-ring (bicyclic) bond motifs is 1. The van der Waals surface area contributed by atoms with Crippen LogP contribution in [0.4, 0.5) is 14.5 Å². The SMILES string of the molecule is O=c1ncc2c(-c3ccc(F)cc3F)cc(N3CCNCC3)cc2n1-c1c(Cl)cccc1Cl. The molecular weight excluding hydrogens is 469 g/mol. The molecule has 168 valence electrons. The fourth-order valence-electron chi connectivity index (χ4n) is 4.18. The summed E-state index contributed by atoms with van der Waals surface area (Å²) in [5, 5.41) is 4.37. The van der Waals surface area contributed by atoms with Crippen LogP contribution in [0.1, 0.15) is 0 Å². The van der Waals surface area contributed by atoms with E-state index in [1.54, 1.807) is 18.2 Å². The number of hydrogen-bond acceptors (Lipinski definition) is 4. The van der Waals surface area contributed by atoms with E-state index < -0.39 is 17.3 Å². The number of halogens is 4. The summed E-state index contributed by atoms with van der Waals surface area (Å²) in [7, 11) is 0. The van der Waals surface area contributed by atoms with Gasteiger partial charge >= 0.3 is 5.69 Å². The van der Waals surface area contributed by atoms with Crippen LogP contribution in [-0.2, 0) is 0 Å². The highest BCUT2D eigenvalue weighted by atomic mass is 35.5. The summed E-state index contributed by atoms with van der Waals surface area (Å²) in [4.78, 5) is 19.1. The number of rotatable bonds is 3. The summed E-state index contributed by atoms with van der Waals surface area (Å²) < 4.78 is 29.9. The molecule has 33 heavy (non-hydrogen) atoms. The van der Waals surface area contributed by atoms with Gasteiger partial charge in [0.05, 0.1) is 21.2 Å². The first-order chi connectivity index (χ1) is 15.9. The molecule has 0 spiro atoms. The second-order valence-electron chi connectivity index (χ2n) is 7.73. The molecule has 2 heterocycles. The monoisotopic (exact) mass is 486 g/mol. The minimum absolute atomic E-state index is 0.204. The molecule has 0 bridgehead atoms. The Balaban J connectivity index is 1.88. The fourth-order valence-corrected chi connectivity index (χ4v) is 4.75. The van der Waals surface area contributed by atoms with Crippen LogP contribution in [0.3, 0.4) is 0 Å². The highest BCUT2D eigenvalue weighted by Gasteiger charge is 2.20. The molecule has 5 rings (SSSR count). The Bertz CT molecular complexity index is 1410. The summed E-state index contributed by atoms with van der Waals surface area (Å²) in [5.41, 5.74) is 1.69. The normalized spacial score (nSPS) is 14.1. The van der Waals surface area contributed by atoms with Gasteiger partial charge in [-0.15, -0.1) is 0 Å². The zero-order valence-electron chi connectivity index (χ0n) is 17.3. The smallest absolute Gasteiger partial charge is 0.352 e. The summed E-state index contributed by atoms with van der Waals surface area (Å²) in [6.07, 6.45) is 1.40. The minimum Gasteiger partial charge on any atom is -0.369 e. The second-order valence-corrected chi connectivity index (χ2v) is 8.55. The molecule has 0 aliphatic carbocycles. The summed E-state index contributed by atoms with van der Waals surface area (Å²) >= 11 is 12.9. The van der Waals surface area contributed by atoms with Crippen LogP contribution in [0.25, 0.3) is 27.7 Å². The zero-order valence-corrected chi connectivity index (χ0v) is 18.8. The molecule has 0 unspecified atom stereocenters. The molecule has 1 saturated heterocycles. The molecule has 3 aromatic carbocycles. The Hall–Kier alpha value is -3.00. The first-order valence-electron chi connectivity index (χ1n) is 10.4. The van der Waals surface area contributed by atoms with E-state index in [1.807, 2.05) is 12.1 Å². The average Bonchev–Trinajstić information content (AvgIpc) is 2.80. The third kappa shape index (κ3) is 3.97. The largest absolute Gasteiger partial charge is 0.369 e. The van der Waals surface area contributed by atoms with Gasteiger partial charge in [0.25, 0.3) is 0 Å². The molecule has 4 aromatic rings. The molecule has 0 saturated carbocycles. The van der Waals surface area contributed by atoms with Crippen LogP contribution in [0.5, 0.6) is 0 Å². The van der Waals surface area contributed by atoms with E-state index in [0.717, 1.165) is 37.9 Å². The fraction of sp³-hybridized carbons (Fsp3) is 0.167. The zero-order chi connectivity index (χ0) is 23.1. The third-order valence-corrected chi connectivity index (χ3v) is 6.35. The number of hydrogen-bond donors (Lipinski definition) is 1. The lowest BCUT2D eigenvalue weighted by atomic mass is 9.99. The van der Waals surface area contributed by atoms with Crippen molar-refractivity contribution >= 4 is 39.8 Å². The maximum Gasteiger partial charge on any atom is 0.352 e. The molecule has 0 amide bonds. The van der Waals surface area contributed by atoms with E-state index in [2.05, 4.69) is 15.2 Å². The van der Waals surface area contributed by atoms with Crippen molar-refractivity contribution in [1.29, 1.82) is 0 Å². The van der Waals surface area contributed by atoms with E-state index in [1.165, 1.54) is 22.9 Å². The van der Waals surface area contributed by atoms with Crippen LogP contribution in [-0.4, -0.2) is 35.7 Å². The first-order valence-corrected chi connectivity index (χ1v) is 11.1. The maximum absolute atomic E-state index is 14.9. The Kier molecular flexibility index (Phi) is 5.78. The molecule has 1 aliphatic rings. The van der Waals surface area contributed by atoms with Crippen molar-refractivity contribution in [2.45, 2.75) is 0 Å². The quantitative estimate of drug-likeness (QED) is 0.440. The Labute approximate surface area is 198 Å². The number of piperazine rings is 1. The van der Waals surface area contributed by atoms with Crippen molar-refractivity contribution in [3.8, 4) is 16.8 Å². The molecule has 1 N–H and O–H groups in total. The predicted molar refractivity (Wildman–Crippen MR) is 128 cm³/mol. The lowest BCUT2D eigenvalue weighted by Gasteiger charge is -2.30. The van der Waals surface area contributed by atoms with Crippen molar-refractivity contribution in [2.75, 3.05) is 31.1 Å². The van der Waals surface area contributed by atoms with Gasteiger partial charge in [-0.1, -0.05) is 29.3 Å². The number of para-hydroxylation sites is 1. The van der Waals surface area contributed by atoms with Crippen molar-refractivity contribution in [1.82, 2.24) is 14.9 Å². The van der Waals surface area contributed by atoms with Gasteiger partial charge in [-0.2, -0.15) is 0 Å². The Morgan fingerprint density at radius 3 is 2.36 bits per heavy atom. The van der Waals surface area contributed by atoms with Gasteiger partial charge in [0, 0.05) is 55.1 Å². The predicted octanol–water partition coefficient (Wildman–Crippen LogP) is 5.05. The molecule has 0 radical (unpaired) electrons. The van der Waals surface area contributed by atoms with Gasteiger partial charge < -0.3 is 10.2 Å². The van der Waals surface area contributed by atoms with E-state index in [-0.39, 0.29) is 15.6 Å². The van der Waals surface area contributed by atoms with Crippen LogP contribution >= 0.6 is 23.2 Å². The van der Waals surface area contributed by atoms with Crippen molar-refractivity contribution in [2.24, 2.45) is 0 Å². The van der Waals surface area contributed by atoms with Crippen LogP contribution < -0.4 is 15.9 Å². The molecule has 1 aromatic heterocycles. The summed E-state index contributed by atoms with van der Waals surface area (Å²) in [6.45, 7) is 3.05. The van der Waals surface area contributed by atoms with Gasteiger partial charge in [-0.25, -0.2) is 18.6 Å². The molecule has 1 fully saturated rings. The van der Waals surface area contributed by atoms with E-state index in [9.17, 15) is 13.6 Å². The van der Waals surface area contributed by atoms with Crippen LogP contribution in [0.15, 0.2) is 59.5 Å². The van der Waals surface area contributed by atoms with Crippen LogP contribution in [0.2, 0.25) is 10.0 Å². The molecule has 9 heteroatoms. The maximum atomic E-state index is 14.9. The van der Waals surface area contributed by atoms with E-state index >= 15 is 0 Å². The highest BCUT2D eigenvalue weighted by molar-refractivity contribution is 6.37.